The van der Waals surface area contributed by atoms with Crippen LogP contribution in [0.5, 0.6) is 0 Å². The van der Waals surface area contributed by atoms with E-state index in [2.05, 4.69) is 20.8 Å². The van der Waals surface area contributed by atoms with Crippen molar-refractivity contribution < 1.29 is 10.2 Å². The van der Waals surface area contributed by atoms with E-state index in [-0.39, 0.29) is 10.8 Å². The van der Waals surface area contributed by atoms with Crippen molar-refractivity contribution in [1.29, 1.82) is 0 Å². The van der Waals surface area contributed by atoms with Gasteiger partial charge < -0.3 is 10.2 Å². The summed E-state index contributed by atoms with van der Waals surface area (Å²) in [5.74, 6) is 0.303. The van der Waals surface area contributed by atoms with Gasteiger partial charge in [-0.25, -0.2) is 0 Å². The van der Waals surface area contributed by atoms with E-state index in [1.807, 2.05) is 0 Å². The van der Waals surface area contributed by atoms with E-state index in [1.54, 1.807) is 0 Å². The molecule has 0 aromatic heterocycles. The van der Waals surface area contributed by atoms with Crippen molar-refractivity contribution in [2.75, 3.05) is 0 Å². The number of hydrogen-bond donors (Lipinski definition) is 2. The van der Waals surface area contributed by atoms with Gasteiger partial charge in [-0.15, -0.1) is 0 Å². The Hall–Kier alpha value is -0.0800. The zero-order chi connectivity index (χ0) is 9.15. The lowest BCUT2D eigenvalue weighted by Gasteiger charge is -2.36. The molecule has 2 bridgehead atoms. The third-order valence-electron chi connectivity index (χ3n) is 4.76. The predicted octanol–water partition coefficient (Wildman–Crippen LogP) is 1.16. The summed E-state index contributed by atoms with van der Waals surface area (Å²) in [6.07, 6.45) is 1.13. The fourth-order valence-corrected chi connectivity index (χ4v) is 3.29. The third kappa shape index (κ3) is 0.647. The van der Waals surface area contributed by atoms with Crippen LogP contribution in [0.4, 0.5) is 0 Å². The normalized spacial score (nSPS) is 56.2. The Bertz CT molecular complexity index is 212. The maximum atomic E-state index is 9.83. The number of aliphatic hydroxyl groups is 2. The average Bonchev–Trinajstić information content (AvgIpc) is 2.26. The fraction of sp³-hybridized carbons (Fsp3) is 1.00. The SMILES string of the molecule is CC1(C)[C@@H]2CC[C@]1(C)[C@@H](O)[C@@H]2O. The summed E-state index contributed by atoms with van der Waals surface area (Å²) in [6, 6.07) is 0. The zero-order valence-electron chi connectivity index (χ0n) is 8.04. The van der Waals surface area contributed by atoms with Crippen molar-refractivity contribution in [3.8, 4) is 0 Å². The van der Waals surface area contributed by atoms with Crippen molar-refractivity contribution in [3.63, 3.8) is 0 Å². The zero-order valence-corrected chi connectivity index (χ0v) is 8.04. The van der Waals surface area contributed by atoms with E-state index in [0.29, 0.717) is 5.92 Å². The second kappa shape index (κ2) is 2.05. The fourth-order valence-electron chi connectivity index (χ4n) is 3.29. The second-order valence-electron chi connectivity index (χ2n) is 5.22. The molecule has 0 aromatic carbocycles. The first-order chi connectivity index (χ1) is 5.41. The molecule has 2 fully saturated rings. The monoisotopic (exact) mass is 170 g/mol. The largest absolute Gasteiger partial charge is 0.390 e. The van der Waals surface area contributed by atoms with Crippen LogP contribution < -0.4 is 0 Å². The highest BCUT2D eigenvalue weighted by molar-refractivity contribution is 5.14. The van der Waals surface area contributed by atoms with Crippen molar-refractivity contribution in [3.05, 3.63) is 0 Å². The highest BCUT2D eigenvalue weighted by atomic mass is 16.3. The van der Waals surface area contributed by atoms with Gasteiger partial charge in [-0.3, -0.25) is 0 Å². The van der Waals surface area contributed by atoms with Crippen LogP contribution in [-0.4, -0.2) is 22.4 Å². The van der Waals surface area contributed by atoms with E-state index in [4.69, 9.17) is 0 Å². The Balaban J connectivity index is 2.44. The molecule has 2 rings (SSSR count). The minimum atomic E-state index is -0.508. The molecule has 0 amide bonds. The average molecular weight is 170 g/mol. The van der Waals surface area contributed by atoms with Crippen LogP contribution in [0, 0.1) is 16.7 Å². The topological polar surface area (TPSA) is 40.5 Å². The van der Waals surface area contributed by atoms with Gasteiger partial charge in [0.2, 0.25) is 0 Å². The first kappa shape index (κ1) is 8.52. The molecule has 0 aliphatic heterocycles. The summed E-state index contributed by atoms with van der Waals surface area (Å²) in [5, 5.41) is 19.6. The van der Waals surface area contributed by atoms with Gasteiger partial charge in [0.15, 0.2) is 0 Å². The molecule has 70 valence electrons. The lowest BCUT2D eigenvalue weighted by Crippen LogP contribution is -2.39. The Labute approximate surface area is 73.6 Å². The molecule has 2 saturated carbocycles. The molecular weight excluding hydrogens is 152 g/mol. The van der Waals surface area contributed by atoms with E-state index in [0.717, 1.165) is 12.8 Å². The van der Waals surface area contributed by atoms with Gasteiger partial charge in [0, 0.05) is 5.41 Å². The number of aliphatic hydroxyl groups excluding tert-OH is 2. The van der Waals surface area contributed by atoms with Crippen LogP contribution in [0.15, 0.2) is 0 Å². The Kier molecular flexibility index (Phi) is 1.45. The first-order valence-electron chi connectivity index (χ1n) is 4.77. The summed E-state index contributed by atoms with van der Waals surface area (Å²) in [7, 11) is 0. The quantitative estimate of drug-likeness (QED) is 0.573. The second-order valence-corrected chi connectivity index (χ2v) is 5.22. The Morgan fingerprint density at radius 3 is 2.00 bits per heavy atom. The number of fused-ring (bicyclic) bond motifs is 2. The molecule has 0 radical (unpaired) electrons. The molecule has 2 nitrogen and oxygen atoms in total. The van der Waals surface area contributed by atoms with E-state index < -0.39 is 12.2 Å². The standard InChI is InChI=1S/C10H18O2/c1-9(2)6-4-5-10(9,3)8(12)7(6)11/h6-8,11-12H,4-5H2,1-3H3/t6-,7-,8+,10-/m1/s1. The minimum Gasteiger partial charge on any atom is -0.390 e. The van der Waals surface area contributed by atoms with Gasteiger partial charge in [0.25, 0.3) is 0 Å². The maximum Gasteiger partial charge on any atom is 0.0860 e. The van der Waals surface area contributed by atoms with Crippen molar-refractivity contribution >= 4 is 0 Å². The van der Waals surface area contributed by atoms with Crippen LogP contribution in [0.2, 0.25) is 0 Å². The molecule has 2 aliphatic carbocycles. The molecule has 0 aromatic rings. The van der Waals surface area contributed by atoms with Gasteiger partial charge in [-0.05, 0) is 24.2 Å². The molecule has 2 aliphatic rings. The van der Waals surface area contributed by atoms with Crippen LogP contribution >= 0.6 is 0 Å². The van der Waals surface area contributed by atoms with Crippen molar-refractivity contribution in [2.45, 2.75) is 45.8 Å². The summed E-state index contributed by atoms with van der Waals surface area (Å²) in [5.41, 5.74) is 0.0446. The third-order valence-corrected chi connectivity index (χ3v) is 4.76. The van der Waals surface area contributed by atoms with Gasteiger partial charge >= 0.3 is 0 Å². The summed E-state index contributed by atoms with van der Waals surface area (Å²) >= 11 is 0. The molecular formula is C10H18O2. The van der Waals surface area contributed by atoms with Gasteiger partial charge in [-0.2, -0.15) is 0 Å². The highest BCUT2D eigenvalue weighted by Gasteiger charge is 2.65. The Morgan fingerprint density at radius 2 is 1.75 bits per heavy atom. The van der Waals surface area contributed by atoms with E-state index in [1.165, 1.54) is 0 Å². The molecule has 0 unspecified atom stereocenters. The smallest absolute Gasteiger partial charge is 0.0860 e. The minimum absolute atomic E-state index is 0.0584. The summed E-state index contributed by atoms with van der Waals surface area (Å²) < 4.78 is 0. The van der Waals surface area contributed by atoms with Gasteiger partial charge in [0.05, 0.1) is 12.2 Å². The molecule has 2 heteroatoms. The summed E-state index contributed by atoms with van der Waals surface area (Å²) in [6.45, 7) is 6.45. The van der Waals surface area contributed by atoms with Gasteiger partial charge in [0.1, 0.15) is 0 Å². The highest BCUT2D eigenvalue weighted by Crippen LogP contribution is 2.65. The van der Waals surface area contributed by atoms with Crippen molar-refractivity contribution in [1.82, 2.24) is 0 Å². The first-order valence-corrected chi connectivity index (χ1v) is 4.77. The van der Waals surface area contributed by atoms with Crippen LogP contribution in [-0.2, 0) is 0 Å². The lowest BCUT2D eigenvalue weighted by molar-refractivity contribution is -0.0508. The molecule has 2 N–H and O–H groups in total. The molecule has 12 heavy (non-hydrogen) atoms. The lowest BCUT2D eigenvalue weighted by atomic mass is 9.70. The van der Waals surface area contributed by atoms with E-state index in [9.17, 15) is 10.2 Å². The molecule has 0 spiro atoms. The van der Waals surface area contributed by atoms with Crippen LogP contribution in [0.3, 0.4) is 0 Å². The number of rotatable bonds is 0. The van der Waals surface area contributed by atoms with Crippen molar-refractivity contribution in [2.24, 2.45) is 16.7 Å². The van der Waals surface area contributed by atoms with Crippen LogP contribution in [0.1, 0.15) is 33.6 Å². The van der Waals surface area contributed by atoms with Gasteiger partial charge in [-0.1, -0.05) is 20.8 Å². The molecule has 0 heterocycles. The summed E-state index contributed by atoms with van der Waals surface area (Å²) in [4.78, 5) is 0. The molecule has 4 atom stereocenters. The Morgan fingerprint density at radius 1 is 1.17 bits per heavy atom. The predicted molar refractivity (Wildman–Crippen MR) is 46.6 cm³/mol. The number of hydrogen-bond acceptors (Lipinski definition) is 2. The van der Waals surface area contributed by atoms with E-state index >= 15 is 0 Å². The van der Waals surface area contributed by atoms with Crippen LogP contribution in [0.25, 0.3) is 0 Å². The maximum absolute atomic E-state index is 9.83. The molecule has 0 saturated heterocycles.